The summed E-state index contributed by atoms with van der Waals surface area (Å²) in [5, 5.41) is 2.09. The molecule has 0 bridgehead atoms. The van der Waals surface area contributed by atoms with Crippen LogP contribution in [0.15, 0.2) is 41.8 Å². The van der Waals surface area contributed by atoms with Gasteiger partial charge in [-0.25, -0.2) is 0 Å². The Morgan fingerprint density at radius 1 is 1.08 bits per heavy atom. The van der Waals surface area contributed by atoms with Crippen molar-refractivity contribution in [3.05, 3.63) is 58.6 Å². The molecule has 0 spiro atoms. The summed E-state index contributed by atoms with van der Waals surface area (Å²) in [5.41, 5.74) is 4.65. The highest BCUT2D eigenvalue weighted by Gasteiger charge is 2.25. The molecule has 0 unspecified atom stereocenters. The second-order valence-corrected chi connectivity index (χ2v) is 7.95. The molecular weight excluding hydrogens is 342 g/mol. The Bertz CT molecular complexity index is 901. The van der Waals surface area contributed by atoms with Gasteiger partial charge in [0, 0.05) is 39.3 Å². The summed E-state index contributed by atoms with van der Waals surface area (Å²) >= 11 is 1.70. The predicted octanol–water partition coefficient (Wildman–Crippen LogP) is 3.99. The Balaban J connectivity index is 1.41. The van der Waals surface area contributed by atoms with E-state index in [4.69, 9.17) is 0 Å². The maximum Gasteiger partial charge on any atom is 0.270 e. The van der Waals surface area contributed by atoms with Gasteiger partial charge >= 0.3 is 0 Å². The summed E-state index contributed by atoms with van der Waals surface area (Å²) in [6.45, 7) is 9.47. The van der Waals surface area contributed by atoms with Crippen LogP contribution < -0.4 is 0 Å². The molecule has 0 saturated carbocycles. The van der Waals surface area contributed by atoms with Crippen molar-refractivity contribution in [2.75, 3.05) is 26.2 Å². The van der Waals surface area contributed by atoms with E-state index in [0.29, 0.717) is 0 Å². The van der Waals surface area contributed by atoms with Gasteiger partial charge in [-0.1, -0.05) is 29.8 Å². The average molecular weight is 368 g/mol. The average Bonchev–Trinajstić information content (AvgIpc) is 3.24. The number of nitrogens with zero attached hydrogens (tertiary/aromatic N) is 3. The van der Waals surface area contributed by atoms with Crippen LogP contribution in [0, 0.1) is 6.92 Å². The van der Waals surface area contributed by atoms with Crippen LogP contribution >= 0.6 is 11.3 Å². The van der Waals surface area contributed by atoms with Crippen molar-refractivity contribution in [1.29, 1.82) is 0 Å². The van der Waals surface area contributed by atoms with Gasteiger partial charge in [-0.2, -0.15) is 0 Å². The zero-order chi connectivity index (χ0) is 18.1. The van der Waals surface area contributed by atoms with E-state index in [1.54, 1.807) is 11.3 Å². The van der Waals surface area contributed by atoms with E-state index < -0.39 is 0 Å². The van der Waals surface area contributed by atoms with E-state index in [0.717, 1.165) is 45.0 Å². The third-order valence-corrected chi connectivity index (χ3v) is 6.10. The van der Waals surface area contributed by atoms with Crippen LogP contribution in [-0.4, -0.2) is 46.5 Å². The van der Waals surface area contributed by atoms with E-state index in [2.05, 4.69) is 65.1 Å². The van der Waals surface area contributed by atoms with Crippen molar-refractivity contribution in [2.45, 2.75) is 26.9 Å². The topological polar surface area (TPSA) is 28.5 Å². The lowest BCUT2D eigenvalue weighted by molar-refractivity contribution is 0.0618. The van der Waals surface area contributed by atoms with E-state index in [9.17, 15) is 4.79 Å². The van der Waals surface area contributed by atoms with Gasteiger partial charge in [0.1, 0.15) is 5.69 Å². The third-order valence-electron chi connectivity index (χ3n) is 5.24. The van der Waals surface area contributed by atoms with E-state index in [-0.39, 0.29) is 5.91 Å². The summed E-state index contributed by atoms with van der Waals surface area (Å²) in [5.74, 6) is 0.172. The van der Waals surface area contributed by atoms with Crippen LogP contribution in [0.5, 0.6) is 0 Å². The predicted molar refractivity (Wildman–Crippen MR) is 108 cm³/mol. The van der Waals surface area contributed by atoms with Gasteiger partial charge in [0.15, 0.2) is 0 Å². The summed E-state index contributed by atoms with van der Waals surface area (Å²) < 4.78 is 3.35. The first kappa shape index (κ1) is 17.3. The fourth-order valence-electron chi connectivity index (χ4n) is 3.72. The fraction of sp³-hybridized carbons (Fsp3) is 0.381. The van der Waals surface area contributed by atoms with Gasteiger partial charge in [-0.05, 0) is 36.9 Å². The number of hydrogen-bond donors (Lipinski definition) is 0. The Morgan fingerprint density at radius 2 is 1.81 bits per heavy atom. The van der Waals surface area contributed by atoms with Crippen LogP contribution in [0.2, 0.25) is 0 Å². The molecule has 1 fully saturated rings. The number of piperazine rings is 1. The van der Waals surface area contributed by atoms with Crippen LogP contribution in [0.4, 0.5) is 0 Å². The number of aromatic nitrogens is 1. The van der Waals surface area contributed by atoms with Crippen LogP contribution in [-0.2, 0) is 13.1 Å². The number of carbonyl (C=O) groups is 1. The summed E-state index contributed by atoms with van der Waals surface area (Å²) in [6, 6.07) is 12.9. The molecule has 1 aliphatic rings. The molecule has 0 radical (unpaired) electrons. The molecule has 1 aliphatic heterocycles. The molecule has 1 saturated heterocycles. The molecule has 0 N–H and O–H groups in total. The first-order chi connectivity index (χ1) is 12.7. The minimum Gasteiger partial charge on any atom is -0.336 e. The van der Waals surface area contributed by atoms with Gasteiger partial charge in [-0.15, -0.1) is 11.3 Å². The lowest BCUT2D eigenvalue weighted by Gasteiger charge is -2.35. The van der Waals surface area contributed by atoms with Gasteiger partial charge in [-0.3, -0.25) is 9.69 Å². The normalized spacial score (nSPS) is 15.7. The Kier molecular flexibility index (Phi) is 4.83. The maximum atomic E-state index is 13.0. The number of amides is 1. The molecule has 0 aliphatic carbocycles. The largest absolute Gasteiger partial charge is 0.336 e. The lowest BCUT2D eigenvalue weighted by Crippen LogP contribution is -2.48. The second kappa shape index (κ2) is 7.25. The van der Waals surface area contributed by atoms with Gasteiger partial charge in [0.2, 0.25) is 0 Å². The van der Waals surface area contributed by atoms with Gasteiger partial charge in [0.05, 0.1) is 10.2 Å². The Morgan fingerprint density at radius 3 is 2.50 bits per heavy atom. The van der Waals surface area contributed by atoms with Gasteiger partial charge < -0.3 is 9.47 Å². The van der Waals surface area contributed by atoms with Crippen molar-refractivity contribution in [2.24, 2.45) is 0 Å². The lowest BCUT2D eigenvalue weighted by atomic mass is 10.1. The molecule has 1 amide bonds. The fourth-order valence-corrected chi connectivity index (χ4v) is 4.54. The number of fused-ring (bicyclic) bond motifs is 1. The standard InChI is InChI=1S/C21H25N3OS/c1-3-24-18-8-13-26-20(18)14-19(24)21(25)23-11-9-22(10-12-23)15-17-6-4-16(2)5-7-17/h4-8,13-14H,3,9-12,15H2,1-2H3. The number of aryl methyl sites for hydroxylation is 2. The molecule has 4 nitrogen and oxygen atoms in total. The molecule has 136 valence electrons. The second-order valence-electron chi connectivity index (χ2n) is 7.00. The van der Waals surface area contributed by atoms with Crippen molar-refractivity contribution in [1.82, 2.24) is 14.4 Å². The van der Waals surface area contributed by atoms with Crippen molar-refractivity contribution >= 4 is 27.5 Å². The molecular formula is C21H25N3OS. The first-order valence-electron chi connectivity index (χ1n) is 9.29. The Labute approximate surface area is 158 Å². The molecule has 3 heterocycles. The number of benzene rings is 1. The number of carbonyl (C=O) groups excluding carboxylic acids is 1. The van der Waals surface area contributed by atoms with Crippen molar-refractivity contribution in [3.8, 4) is 0 Å². The number of hydrogen-bond acceptors (Lipinski definition) is 3. The highest BCUT2D eigenvalue weighted by molar-refractivity contribution is 7.17. The molecule has 2 aromatic heterocycles. The van der Waals surface area contributed by atoms with Crippen LogP contribution in [0.1, 0.15) is 28.5 Å². The molecule has 1 aromatic carbocycles. The first-order valence-corrected chi connectivity index (χ1v) is 10.2. The van der Waals surface area contributed by atoms with Gasteiger partial charge in [0.25, 0.3) is 5.91 Å². The quantitative estimate of drug-likeness (QED) is 0.698. The molecule has 0 atom stereocenters. The van der Waals surface area contributed by atoms with E-state index >= 15 is 0 Å². The summed E-state index contributed by atoms with van der Waals surface area (Å²) in [7, 11) is 0. The minimum atomic E-state index is 0.172. The number of rotatable bonds is 4. The third kappa shape index (κ3) is 3.29. The number of thiophene rings is 1. The van der Waals surface area contributed by atoms with Crippen LogP contribution in [0.3, 0.4) is 0 Å². The summed E-state index contributed by atoms with van der Waals surface area (Å²) in [4.78, 5) is 17.5. The smallest absolute Gasteiger partial charge is 0.270 e. The zero-order valence-corrected chi connectivity index (χ0v) is 16.3. The summed E-state index contributed by atoms with van der Waals surface area (Å²) in [6.07, 6.45) is 0. The van der Waals surface area contributed by atoms with Crippen LogP contribution in [0.25, 0.3) is 10.2 Å². The molecule has 5 heteroatoms. The molecule has 26 heavy (non-hydrogen) atoms. The SMILES string of the molecule is CCn1c(C(=O)N2CCN(Cc3ccc(C)cc3)CC2)cc2sccc21. The monoisotopic (exact) mass is 367 g/mol. The van der Waals surface area contributed by atoms with Crippen molar-refractivity contribution in [3.63, 3.8) is 0 Å². The minimum absolute atomic E-state index is 0.172. The maximum absolute atomic E-state index is 13.0. The zero-order valence-electron chi connectivity index (χ0n) is 15.4. The van der Waals surface area contributed by atoms with E-state index in [1.807, 2.05) is 4.90 Å². The van der Waals surface area contributed by atoms with Crippen molar-refractivity contribution < 1.29 is 4.79 Å². The Hall–Kier alpha value is -2.11. The highest BCUT2D eigenvalue weighted by Crippen LogP contribution is 2.26. The highest BCUT2D eigenvalue weighted by atomic mass is 32.1. The van der Waals surface area contributed by atoms with E-state index in [1.165, 1.54) is 21.3 Å². The molecule has 4 rings (SSSR count). The molecule has 3 aromatic rings.